The Morgan fingerprint density at radius 3 is 2.15 bits per heavy atom. The molecule has 1 aromatic carbocycles. The number of benzene rings is 1. The summed E-state index contributed by atoms with van der Waals surface area (Å²) in [4.78, 5) is 50.0. The zero-order valence-electron chi connectivity index (χ0n) is 15.6. The number of methoxy groups -OCH3 is 1. The number of anilines is 2. The summed E-state index contributed by atoms with van der Waals surface area (Å²) < 4.78 is 7.11. The number of fused-ring (bicyclic) bond motifs is 1. The van der Waals surface area contributed by atoms with E-state index >= 15 is 0 Å². The van der Waals surface area contributed by atoms with E-state index in [1.165, 1.54) is 23.3 Å². The summed E-state index contributed by atoms with van der Waals surface area (Å²) in [7, 11) is 4.29. The van der Waals surface area contributed by atoms with Crippen LogP contribution in [0.2, 0.25) is 0 Å². The summed E-state index contributed by atoms with van der Waals surface area (Å²) >= 11 is 0. The van der Waals surface area contributed by atoms with Gasteiger partial charge in [0.1, 0.15) is 6.42 Å². The Morgan fingerprint density at radius 1 is 1.04 bits per heavy atom. The van der Waals surface area contributed by atoms with Gasteiger partial charge in [0.15, 0.2) is 0 Å². The van der Waals surface area contributed by atoms with Crippen molar-refractivity contribution < 1.29 is 14.3 Å². The minimum Gasteiger partial charge on any atom is -0.469 e. The van der Waals surface area contributed by atoms with Gasteiger partial charge in [-0.15, -0.1) is 0 Å². The quantitative estimate of drug-likeness (QED) is 0.470. The number of carbonyl (C=O) groups is 2. The van der Waals surface area contributed by atoms with Crippen LogP contribution in [0.4, 0.5) is 11.4 Å². The van der Waals surface area contributed by atoms with Crippen LogP contribution in [0.15, 0.2) is 21.7 Å². The fourth-order valence-electron chi connectivity index (χ4n) is 3.33. The lowest BCUT2D eigenvalue weighted by atomic mass is 10.2. The molecule has 1 aliphatic rings. The minimum absolute atomic E-state index is 0.403. The van der Waals surface area contributed by atoms with Crippen molar-refractivity contribution in [2.24, 2.45) is 14.1 Å². The van der Waals surface area contributed by atoms with Gasteiger partial charge in [0.05, 0.1) is 29.5 Å². The number of amides is 1. The van der Waals surface area contributed by atoms with Crippen LogP contribution in [-0.4, -0.2) is 41.2 Å². The highest BCUT2D eigenvalue weighted by molar-refractivity contribution is 6.05. The van der Waals surface area contributed by atoms with Crippen LogP contribution in [0.1, 0.15) is 19.3 Å². The first-order valence-corrected chi connectivity index (χ1v) is 8.69. The molecule has 27 heavy (non-hydrogen) atoms. The molecule has 1 amide bonds. The van der Waals surface area contributed by atoms with E-state index in [9.17, 15) is 19.2 Å². The van der Waals surface area contributed by atoms with Crippen LogP contribution in [-0.2, 0) is 28.4 Å². The van der Waals surface area contributed by atoms with Crippen molar-refractivity contribution in [2.45, 2.75) is 19.3 Å². The normalized spacial score (nSPS) is 13.8. The summed E-state index contributed by atoms with van der Waals surface area (Å²) in [6.07, 6.45) is 1.65. The first-order chi connectivity index (χ1) is 12.8. The molecular weight excluding hydrogens is 352 g/mol. The molecule has 0 atom stereocenters. The minimum atomic E-state index is -0.647. The van der Waals surface area contributed by atoms with Gasteiger partial charge in [-0.05, 0) is 25.0 Å². The second kappa shape index (κ2) is 7.26. The molecule has 0 unspecified atom stereocenters. The van der Waals surface area contributed by atoms with E-state index in [4.69, 9.17) is 0 Å². The maximum absolute atomic E-state index is 12.2. The van der Waals surface area contributed by atoms with E-state index < -0.39 is 29.4 Å². The number of ether oxygens (including phenoxy) is 1. The Hall–Kier alpha value is -3.10. The van der Waals surface area contributed by atoms with Gasteiger partial charge in [0.2, 0.25) is 5.91 Å². The molecule has 1 aliphatic heterocycles. The lowest BCUT2D eigenvalue weighted by molar-refractivity contribution is -0.142. The van der Waals surface area contributed by atoms with Crippen molar-refractivity contribution in [3.8, 4) is 0 Å². The molecule has 0 radical (unpaired) electrons. The highest BCUT2D eigenvalue weighted by atomic mass is 16.5. The topological polar surface area (TPSA) is 103 Å². The van der Waals surface area contributed by atoms with E-state index in [-0.39, 0.29) is 0 Å². The van der Waals surface area contributed by atoms with Crippen LogP contribution in [0.5, 0.6) is 0 Å². The van der Waals surface area contributed by atoms with Gasteiger partial charge in [-0.2, -0.15) is 0 Å². The van der Waals surface area contributed by atoms with Crippen molar-refractivity contribution >= 4 is 34.3 Å². The molecule has 3 rings (SSSR count). The van der Waals surface area contributed by atoms with Crippen LogP contribution < -0.4 is 21.3 Å². The van der Waals surface area contributed by atoms with Crippen molar-refractivity contribution in [1.82, 2.24) is 9.13 Å². The average molecular weight is 374 g/mol. The Balaban J connectivity index is 2.16. The number of hydrogen-bond acceptors (Lipinski definition) is 6. The van der Waals surface area contributed by atoms with Crippen LogP contribution >= 0.6 is 0 Å². The predicted octanol–water partition coefficient (Wildman–Crippen LogP) is 0.339. The van der Waals surface area contributed by atoms with Crippen LogP contribution in [0.25, 0.3) is 11.0 Å². The van der Waals surface area contributed by atoms with Crippen LogP contribution in [0.3, 0.4) is 0 Å². The first-order valence-electron chi connectivity index (χ1n) is 8.69. The standard InChI is InChI=1S/C18H22N4O5/c1-20-13-8-11(19-15(23)10-16(24)27-3)12(22-6-4-5-7-22)9-14(13)21(2)18(26)17(20)25/h8-9H,4-7,10H2,1-3H3,(H,19,23). The fraction of sp³-hybridized carbons (Fsp3) is 0.444. The van der Waals surface area contributed by atoms with Gasteiger partial charge in [0, 0.05) is 27.2 Å². The molecule has 2 heterocycles. The predicted molar refractivity (Wildman–Crippen MR) is 101 cm³/mol. The third-order valence-electron chi connectivity index (χ3n) is 4.86. The van der Waals surface area contributed by atoms with Gasteiger partial charge in [-0.3, -0.25) is 19.2 Å². The zero-order chi connectivity index (χ0) is 19.7. The Bertz CT molecular complexity index is 1030. The van der Waals surface area contributed by atoms with Gasteiger partial charge in [0.25, 0.3) is 0 Å². The number of nitrogens with zero attached hydrogens (tertiary/aromatic N) is 3. The van der Waals surface area contributed by atoms with Gasteiger partial charge in [-0.25, -0.2) is 0 Å². The average Bonchev–Trinajstić information content (AvgIpc) is 3.18. The molecule has 1 aromatic heterocycles. The second-order valence-corrected chi connectivity index (χ2v) is 6.58. The van der Waals surface area contributed by atoms with Gasteiger partial charge < -0.3 is 24.1 Å². The van der Waals surface area contributed by atoms with Gasteiger partial charge in [-0.1, -0.05) is 0 Å². The second-order valence-electron chi connectivity index (χ2n) is 6.58. The molecule has 0 aliphatic carbocycles. The summed E-state index contributed by atoms with van der Waals surface area (Å²) in [6, 6.07) is 3.47. The fourth-order valence-corrected chi connectivity index (χ4v) is 3.33. The number of hydrogen-bond donors (Lipinski definition) is 1. The Morgan fingerprint density at radius 2 is 1.59 bits per heavy atom. The summed E-state index contributed by atoms with van der Waals surface area (Å²) in [5, 5.41) is 2.74. The third kappa shape index (κ3) is 3.44. The molecule has 9 nitrogen and oxygen atoms in total. The number of nitrogens with one attached hydrogen (secondary N) is 1. The number of carbonyl (C=O) groups excluding carboxylic acids is 2. The molecular formula is C18H22N4O5. The lowest BCUT2D eigenvalue weighted by Crippen LogP contribution is -2.39. The summed E-state index contributed by atoms with van der Waals surface area (Å²) in [5.74, 6) is -1.14. The van der Waals surface area contributed by atoms with E-state index in [0.29, 0.717) is 16.7 Å². The summed E-state index contributed by atoms with van der Waals surface area (Å²) in [5.41, 5.74) is 1.10. The number of esters is 1. The van der Waals surface area contributed by atoms with E-state index in [1.807, 2.05) is 0 Å². The zero-order valence-corrected chi connectivity index (χ0v) is 15.6. The van der Waals surface area contributed by atoms with Crippen molar-refractivity contribution in [1.29, 1.82) is 0 Å². The van der Waals surface area contributed by atoms with Gasteiger partial charge >= 0.3 is 17.1 Å². The Labute approximate surface area is 155 Å². The maximum atomic E-state index is 12.2. The lowest BCUT2D eigenvalue weighted by Gasteiger charge is -2.23. The monoisotopic (exact) mass is 374 g/mol. The Kier molecular flexibility index (Phi) is 5.02. The highest BCUT2D eigenvalue weighted by Gasteiger charge is 2.21. The molecule has 144 valence electrons. The molecule has 1 saturated heterocycles. The number of aromatic nitrogens is 2. The largest absolute Gasteiger partial charge is 0.469 e. The first kappa shape index (κ1) is 18.7. The summed E-state index contributed by atoms with van der Waals surface area (Å²) in [6.45, 7) is 1.65. The SMILES string of the molecule is COC(=O)CC(=O)Nc1cc2c(cc1N1CCCC1)n(C)c(=O)c(=O)n2C. The number of aryl methyl sites for hydroxylation is 2. The molecule has 2 aromatic rings. The van der Waals surface area contributed by atoms with E-state index in [2.05, 4.69) is 15.0 Å². The molecule has 0 bridgehead atoms. The van der Waals surface area contributed by atoms with Crippen LogP contribution in [0, 0.1) is 0 Å². The molecule has 0 saturated carbocycles. The highest BCUT2D eigenvalue weighted by Crippen LogP contribution is 2.32. The third-order valence-corrected chi connectivity index (χ3v) is 4.86. The van der Waals surface area contributed by atoms with E-state index in [0.717, 1.165) is 31.6 Å². The van der Waals surface area contributed by atoms with Crippen molar-refractivity contribution in [3.63, 3.8) is 0 Å². The van der Waals surface area contributed by atoms with Crippen molar-refractivity contribution in [2.75, 3.05) is 30.4 Å². The molecule has 0 spiro atoms. The van der Waals surface area contributed by atoms with E-state index in [1.54, 1.807) is 19.2 Å². The molecule has 1 N–H and O–H groups in total. The van der Waals surface area contributed by atoms with Crippen molar-refractivity contribution in [3.05, 3.63) is 32.8 Å². The number of rotatable bonds is 4. The maximum Gasteiger partial charge on any atom is 0.316 e. The molecule has 9 heteroatoms. The molecule has 1 fully saturated rings. The smallest absolute Gasteiger partial charge is 0.316 e.